The molecule has 0 aromatic rings. The summed E-state index contributed by atoms with van der Waals surface area (Å²) >= 11 is 0. The third-order valence-corrected chi connectivity index (χ3v) is 3.63. The van der Waals surface area contributed by atoms with Gasteiger partial charge in [0.05, 0.1) is 6.61 Å². The van der Waals surface area contributed by atoms with Gasteiger partial charge in [-0.25, -0.2) is 0 Å². The van der Waals surface area contributed by atoms with E-state index in [1.54, 1.807) is 0 Å². The molecule has 1 saturated heterocycles. The fourth-order valence-corrected chi connectivity index (χ4v) is 2.15. The fraction of sp³-hybridized carbons (Fsp3) is 1.00. The van der Waals surface area contributed by atoms with Crippen molar-refractivity contribution in [2.45, 2.75) is 32.7 Å². The van der Waals surface area contributed by atoms with Gasteiger partial charge in [0.25, 0.3) is 0 Å². The maximum absolute atomic E-state index is 5.81. The van der Waals surface area contributed by atoms with Crippen LogP contribution in [-0.4, -0.2) is 67.8 Å². The minimum atomic E-state index is 0.144. The second-order valence-corrected chi connectivity index (χ2v) is 5.46. The van der Waals surface area contributed by atoms with Gasteiger partial charge in [-0.3, -0.25) is 9.80 Å². The average molecular weight is 243 g/mol. The number of nitrogens with two attached hydrogens (primary N) is 1. The summed E-state index contributed by atoms with van der Waals surface area (Å²) in [6, 6.07) is 0. The van der Waals surface area contributed by atoms with Crippen LogP contribution in [0, 0.1) is 0 Å². The number of hydrogen-bond acceptors (Lipinski definition) is 4. The number of nitrogens with zero attached hydrogens (tertiary/aromatic N) is 2. The van der Waals surface area contributed by atoms with Crippen LogP contribution < -0.4 is 5.73 Å². The Kier molecular flexibility index (Phi) is 6.41. The molecule has 0 saturated carbocycles. The molecule has 1 rings (SSSR count). The highest BCUT2D eigenvalue weighted by Crippen LogP contribution is 2.15. The van der Waals surface area contributed by atoms with Gasteiger partial charge in [0.1, 0.15) is 0 Å². The Morgan fingerprint density at radius 1 is 1.12 bits per heavy atom. The van der Waals surface area contributed by atoms with Gasteiger partial charge in [-0.05, 0) is 20.3 Å². The molecule has 0 atom stereocenters. The van der Waals surface area contributed by atoms with Gasteiger partial charge >= 0.3 is 0 Å². The standard InChI is InChI=1S/C13H29N3O/c1-4-10-17-11-9-15-5-7-16(8-6-15)13(2,3)12-14/h4-12,14H2,1-3H3. The quantitative estimate of drug-likeness (QED) is 0.671. The van der Waals surface area contributed by atoms with Gasteiger partial charge in [-0.1, -0.05) is 6.92 Å². The Bertz CT molecular complexity index is 201. The molecule has 1 heterocycles. The monoisotopic (exact) mass is 243 g/mol. The predicted molar refractivity (Wildman–Crippen MR) is 72.3 cm³/mol. The molecule has 0 aromatic heterocycles. The van der Waals surface area contributed by atoms with Crippen LogP contribution in [0.15, 0.2) is 0 Å². The van der Waals surface area contributed by atoms with Crippen LogP contribution in [0.5, 0.6) is 0 Å². The lowest BCUT2D eigenvalue weighted by molar-refractivity contribution is 0.0382. The smallest absolute Gasteiger partial charge is 0.0593 e. The first-order chi connectivity index (χ1) is 8.10. The molecular formula is C13H29N3O. The van der Waals surface area contributed by atoms with Gasteiger partial charge in [0.15, 0.2) is 0 Å². The van der Waals surface area contributed by atoms with E-state index in [0.717, 1.165) is 58.9 Å². The summed E-state index contributed by atoms with van der Waals surface area (Å²) in [5.74, 6) is 0. The summed E-state index contributed by atoms with van der Waals surface area (Å²) in [7, 11) is 0. The molecule has 0 aromatic carbocycles. The van der Waals surface area contributed by atoms with Crippen LogP contribution in [0.3, 0.4) is 0 Å². The molecule has 0 aliphatic carbocycles. The summed E-state index contributed by atoms with van der Waals surface area (Å²) in [6.07, 6.45) is 1.11. The third-order valence-electron chi connectivity index (χ3n) is 3.63. The van der Waals surface area contributed by atoms with Crippen LogP contribution in [0.25, 0.3) is 0 Å². The van der Waals surface area contributed by atoms with Gasteiger partial charge in [0, 0.05) is 51.4 Å². The molecule has 1 fully saturated rings. The molecule has 1 aliphatic rings. The summed E-state index contributed by atoms with van der Waals surface area (Å²) < 4.78 is 5.53. The van der Waals surface area contributed by atoms with Crippen LogP contribution >= 0.6 is 0 Å². The Labute approximate surface area is 106 Å². The molecule has 2 N–H and O–H groups in total. The summed E-state index contributed by atoms with van der Waals surface area (Å²) in [5.41, 5.74) is 5.95. The van der Waals surface area contributed by atoms with E-state index >= 15 is 0 Å². The van der Waals surface area contributed by atoms with Gasteiger partial charge < -0.3 is 10.5 Å². The van der Waals surface area contributed by atoms with Crippen molar-refractivity contribution in [3.05, 3.63) is 0 Å². The molecule has 0 spiro atoms. The minimum absolute atomic E-state index is 0.144. The van der Waals surface area contributed by atoms with Gasteiger partial charge in [0.2, 0.25) is 0 Å². The number of ether oxygens (including phenoxy) is 1. The Morgan fingerprint density at radius 3 is 2.29 bits per heavy atom. The molecule has 0 radical (unpaired) electrons. The van der Waals surface area contributed by atoms with Crippen LogP contribution in [-0.2, 0) is 4.74 Å². The van der Waals surface area contributed by atoms with E-state index in [-0.39, 0.29) is 5.54 Å². The topological polar surface area (TPSA) is 41.7 Å². The third kappa shape index (κ3) is 4.92. The predicted octanol–water partition coefficient (Wildman–Crippen LogP) is 0.768. The molecule has 4 nitrogen and oxygen atoms in total. The molecule has 0 amide bonds. The largest absolute Gasteiger partial charge is 0.380 e. The normalized spacial score (nSPS) is 19.8. The average Bonchev–Trinajstić information content (AvgIpc) is 2.35. The molecular weight excluding hydrogens is 214 g/mol. The lowest BCUT2D eigenvalue weighted by Gasteiger charge is -2.43. The summed E-state index contributed by atoms with van der Waals surface area (Å²) in [4.78, 5) is 4.98. The maximum Gasteiger partial charge on any atom is 0.0593 e. The fourth-order valence-electron chi connectivity index (χ4n) is 2.15. The van der Waals surface area contributed by atoms with Crippen molar-refractivity contribution >= 4 is 0 Å². The first-order valence-corrected chi connectivity index (χ1v) is 6.85. The lowest BCUT2D eigenvalue weighted by Crippen LogP contribution is -2.57. The molecule has 102 valence electrons. The van der Waals surface area contributed by atoms with Crippen molar-refractivity contribution in [1.29, 1.82) is 0 Å². The number of piperazine rings is 1. The molecule has 1 aliphatic heterocycles. The first-order valence-electron chi connectivity index (χ1n) is 6.85. The highest BCUT2D eigenvalue weighted by atomic mass is 16.5. The zero-order valence-corrected chi connectivity index (χ0v) is 11.7. The van der Waals surface area contributed by atoms with Crippen LogP contribution in [0.2, 0.25) is 0 Å². The molecule has 0 bridgehead atoms. The van der Waals surface area contributed by atoms with E-state index < -0.39 is 0 Å². The summed E-state index contributed by atoms with van der Waals surface area (Å²) in [5, 5.41) is 0. The summed E-state index contributed by atoms with van der Waals surface area (Å²) in [6.45, 7) is 14.7. The van der Waals surface area contributed by atoms with Crippen molar-refractivity contribution in [1.82, 2.24) is 9.80 Å². The van der Waals surface area contributed by atoms with Crippen molar-refractivity contribution in [2.75, 3.05) is 52.5 Å². The van der Waals surface area contributed by atoms with Gasteiger partial charge in [-0.2, -0.15) is 0 Å². The van der Waals surface area contributed by atoms with Crippen LogP contribution in [0.4, 0.5) is 0 Å². The minimum Gasteiger partial charge on any atom is -0.380 e. The van der Waals surface area contributed by atoms with E-state index in [2.05, 4.69) is 30.6 Å². The number of hydrogen-bond donors (Lipinski definition) is 1. The van der Waals surface area contributed by atoms with E-state index in [1.165, 1.54) is 0 Å². The zero-order chi connectivity index (χ0) is 12.7. The first kappa shape index (κ1) is 14.9. The van der Waals surface area contributed by atoms with Gasteiger partial charge in [-0.15, -0.1) is 0 Å². The number of rotatable bonds is 7. The second kappa shape index (κ2) is 7.31. The Balaban J connectivity index is 2.17. The van der Waals surface area contributed by atoms with Crippen molar-refractivity contribution in [2.24, 2.45) is 5.73 Å². The van der Waals surface area contributed by atoms with Crippen molar-refractivity contribution < 1.29 is 4.74 Å². The van der Waals surface area contributed by atoms with Crippen molar-refractivity contribution in [3.63, 3.8) is 0 Å². The molecule has 4 heteroatoms. The SMILES string of the molecule is CCCOCCN1CCN(C(C)(C)CN)CC1. The van der Waals surface area contributed by atoms with Crippen LogP contribution in [0.1, 0.15) is 27.2 Å². The zero-order valence-electron chi connectivity index (χ0n) is 11.7. The van der Waals surface area contributed by atoms with E-state index in [9.17, 15) is 0 Å². The van der Waals surface area contributed by atoms with Crippen molar-refractivity contribution in [3.8, 4) is 0 Å². The highest BCUT2D eigenvalue weighted by Gasteiger charge is 2.28. The van der Waals surface area contributed by atoms with E-state index in [4.69, 9.17) is 10.5 Å². The second-order valence-electron chi connectivity index (χ2n) is 5.46. The molecule has 0 unspecified atom stereocenters. The maximum atomic E-state index is 5.81. The van der Waals surface area contributed by atoms with E-state index in [0.29, 0.717) is 0 Å². The van der Waals surface area contributed by atoms with E-state index in [1.807, 2.05) is 0 Å². The Hall–Kier alpha value is -0.160. The lowest BCUT2D eigenvalue weighted by atomic mass is 10.0. The highest BCUT2D eigenvalue weighted by molar-refractivity contribution is 4.86. The molecule has 17 heavy (non-hydrogen) atoms. The Morgan fingerprint density at radius 2 is 1.76 bits per heavy atom.